The molecule has 0 saturated heterocycles. The van der Waals surface area contributed by atoms with Crippen molar-refractivity contribution in [1.82, 2.24) is 10.3 Å². The maximum absolute atomic E-state index is 12.0. The highest BCUT2D eigenvalue weighted by atomic mass is 79.9. The van der Waals surface area contributed by atoms with E-state index in [2.05, 4.69) is 21.2 Å². The molecular formula is C17H19BrN2OS. The van der Waals surface area contributed by atoms with Gasteiger partial charge < -0.3 is 5.32 Å². The van der Waals surface area contributed by atoms with Gasteiger partial charge in [-0.2, -0.15) is 0 Å². The van der Waals surface area contributed by atoms with Gasteiger partial charge in [0.25, 0.3) is 5.91 Å². The fraction of sp³-hybridized carbons (Fsp3) is 0.412. The summed E-state index contributed by atoms with van der Waals surface area (Å²) in [6, 6.07) is 7.42. The highest BCUT2D eigenvalue weighted by molar-refractivity contribution is 9.10. The Morgan fingerprint density at radius 3 is 2.77 bits per heavy atom. The molecule has 0 saturated carbocycles. The molecule has 1 aromatic heterocycles. The van der Waals surface area contributed by atoms with Gasteiger partial charge in [0.05, 0.1) is 10.7 Å². The summed E-state index contributed by atoms with van der Waals surface area (Å²) in [7, 11) is 0. The van der Waals surface area contributed by atoms with Gasteiger partial charge in [-0.1, -0.05) is 15.9 Å². The van der Waals surface area contributed by atoms with Gasteiger partial charge in [0.15, 0.2) is 0 Å². The van der Waals surface area contributed by atoms with Crippen molar-refractivity contribution < 1.29 is 4.79 Å². The Balaban J connectivity index is 1.44. The van der Waals surface area contributed by atoms with Gasteiger partial charge in [-0.05, 0) is 56.4 Å². The second-order valence-corrected chi connectivity index (χ2v) is 7.63. The number of nitrogens with one attached hydrogen (secondary N) is 1. The summed E-state index contributed by atoms with van der Waals surface area (Å²) in [6.45, 7) is 0.694. The van der Waals surface area contributed by atoms with Crippen LogP contribution in [0, 0.1) is 0 Å². The number of aryl methyl sites for hydroxylation is 3. The molecule has 1 heterocycles. The topological polar surface area (TPSA) is 42.0 Å². The van der Waals surface area contributed by atoms with Gasteiger partial charge in [-0.3, -0.25) is 4.79 Å². The molecule has 0 fully saturated rings. The van der Waals surface area contributed by atoms with E-state index in [9.17, 15) is 4.79 Å². The van der Waals surface area contributed by atoms with E-state index in [4.69, 9.17) is 4.98 Å². The number of hydrogen-bond donors (Lipinski definition) is 1. The summed E-state index contributed by atoms with van der Waals surface area (Å²) in [6.07, 6.45) is 6.82. The zero-order valence-electron chi connectivity index (χ0n) is 12.4. The highest BCUT2D eigenvalue weighted by Crippen LogP contribution is 2.27. The molecule has 0 spiro atoms. The van der Waals surface area contributed by atoms with Crippen LogP contribution in [0.1, 0.15) is 45.2 Å². The van der Waals surface area contributed by atoms with Crippen molar-refractivity contribution in [2.45, 2.75) is 38.5 Å². The Hall–Kier alpha value is -1.20. The molecule has 0 atom stereocenters. The maximum Gasteiger partial charge on any atom is 0.251 e. The molecule has 1 aromatic carbocycles. The van der Waals surface area contributed by atoms with Crippen molar-refractivity contribution >= 4 is 33.2 Å². The van der Waals surface area contributed by atoms with Crippen LogP contribution in [0.5, 0.6) is 0 Å². The normalized spacial score (nSPS) is 13.7. The number of benzene rings is 1. The van der Waals surface area contributed by atoms with Crippen molar-refractivity contribution in [3.05, 3.63) is 49.9 Å². The van der Waals surface area contributed by atoms with Crippen LogP contribution in [0.3, 0.4) is 0 Å². The third-order valence-electron chi connectivity index (χ3n) is 3.85. The van der Waals surface area contributed by atoms with Crippen LogP contribution in [0.4, 0.5) is 0 Å². The van der Waals surface area contributed by atoms with Crippen molar-refractivity contribution in [3.63, 3.8) is 0 Å². The third-order valence-corrected chi connectivity index (χ3v) is 5.60. The van der Waals surface area contributed by atoms with E-state index in [0.717, 1.165) is 23.7 Å². The van der Waals surface area contributed by atoms with Crippen LogP contribution in [0.2, 0.25) is 0 Å². The van der Waals surface area contributed by atoms with E-state index in [1.165, 1.54) is 34.8 Å². The number of carbonyl (C=O) groups excluding carboxylic acids is 1. The molecule has 1 aliphatic rings. The highest BCUT2D eigenvalue weighted by Gasteiger charge is 2.14. The summed E-state index contributed by atoms with van der Waals surface area (Å²) in [4.78, 5) is 18.2. The first kappa shape index (κ1) is 15.7. The van der Waals surface area contributed by atoms with E-state index >= 15 is 0 Å². The number of thiazole rings is 1. The predicted molar refractivity (Wildman–Crippen MR) is 93.6 cm³/mol. The molecule has 2 aromatic rings. The van der Waals surface area contributed by atoms with E-state index < -0.39 is 0 Å². The average molecular weight is 379 g/mol. The Morgan fingerprint density at radius 2 is 2.00 bits per heavy atom. The van der Waals surface area contributed by atoms with Crippen LogP contribution >= 0.6 is 27.3 Å². The lowest BCUT2D eigenvalue weighted by Crippen LogP contribution is -2.24. The molecule has 0 radical (unpaired) electrons. The largest absolute Gasteiger partial charge is 0.352 e. The Morgan fingerprint density at radius 1 is 1.23 bits per heavy atom. The van der Waals surface area contributed by atoms with Gasteiger partial charge in [0.1, 0.15) is 0 Å². The summed E-state index contributed by atoms with van der Waals surface area (Å²) >= 11 is 5.23. The molecule has 3 rings (SSSR count). The molecular weight excluding hydrogens is 360 g/mol. The fourth-order valence-corrected chi connectivity index (χ4v) is 4.12. The quantitative estimate of drug-likeness (QED) is 0.794. The lowest BCUT2D eigenvalue weighted by molar-refractivity contribution is 0.0953. The summed E-state index contributed by atoms with van der Waals surface area (Å²) in [5.74, 6) is -0.00840. The maximum atomic E-state index is 12.0. The standard InChI is InChI=1S/C17H19BrN2OS/c18-13-9-7-12(8-10-13)17(21)19-11-3-6-16-20-14-4-1-2-5-15(14)22-16/h7-10H,1-6,11H2,(H,19,21). The number of amides is 1. The number of hydrogen-bond acceptors (Lipinski definition) is 3. The number of rotatable bonds is 5. The molecule has 5 heteroatoms. The molecule has 22 heavy (non-hydrogen) atoms. The summed E-state index contributed by atoms with van der Waals surface area (Å²) in [5, 5.41) is 4.20. The van der Waals surface area contributed by atoms with E-state index in [-0.39, 0.29) is 5.91 Å². The van der Waals surface area contributed by atoms with Gasteiger partial charge in [-0.25, -0.2) is 4.98 Å². The van der Waals surface area contributed by atoms with Crippen LogP contribution in [0.25, 0.3) is 0 Å². The zero-order chi connectivity index (χ0) is 15.4. The number of carbonyl (C=O) groups is 1. The Kier molecular flexibility index (Phi) is 5.26. The lowest BCUT2D eigenvalue weighted by atomic mass is 10.0. The number of fused-ring (bicyclic) bond motifs is 1. The van der Waals surface area contributed by atoms with Crippen molar-refractivity contribution in [2.75, 3.05) is 6.54 Å². The van der Waals surface area contributed by atoms with E-state index in [1.807, 2.05) is 35.6 Å². The molecule has 0 unspecified atom stereocenters. The van der Waals surface area contributed by atoms with Crippen LogP contribution in [-0.4, -0.2) is 17.4 Å². The van der Waals surface area contributed by atoms with E-state index in [1.54, 1.807) is 0 Å². The molecule has 116 valence electrons. The first-order chi connectivity index (χ1) is 10.7. The van der Waals surface area contributed by atoms with Crippen molar-refractivity contribution in [1.29, 1.82) is 0 Å². The summed E-state index contributed by atoms with van der Waals surface area (Å²) in [5.41, 5.74) is 2.03. The zero-order valence-corrected chi connectivity index (χ0v) is 14.8. The molecule has 3 nitrogen and oxygen atoms in total. The Bertz CT molecular complexity index is 628. The fourth-order valence-electron chi connectivity index (χ4n) is 2.66. The molecule has 1 aliphatic carbocycles. The molecule has 0 bridgehead atoms. The third kappa shape index (κ3) is 3.96. The predicted octanol–water partition coefficient (Wildman–Crippen LogP) is 4.15. The summed E-state index contributed by atoms with van der Waals surface area (Å²) < 4.78 is 0.983. The number of aromatic nitrogens is 1. The second kappa shape index (κ2) is 7.38. The average Bonchev–Trinajstić information content (AvgIpc) is 2.95. The minimum atomic E-state index is -0.00840. The van der Waals surface area contributed by atoms with Gasteiger partial charge in [-0.15, -0.1) is 11.3 Å². The molecule has 0 aliphatic heterocycles. The van der Waals surface area contributed by atoms with Gasteiger partial charge in [0, 0.05) is 27.9 Å². The van der Waals surface area contributed by atoms with Gasteiger partial charge in [0.2, 0.25) is 0 Å². The molecule has 1 N–H and O–H groups in total. The first-order valence-electron chi connectivity index (χ1n) is 7.73. The van der Waals surface area contributed by atoms with E-state index in [0.29, 0.717) is 12.1 Å². The number of nitrogens with zero attached hydrogens (tertiary/aromatic N) is 1. The minimum Gasteiger partial charge on any atom is -0.352 e. The first-order valence-corrected chi connectivity index (χ1v) is 9.34. The van der Waals surface area contributed by atoms with Crippen LogP contribution < -0.4 is 5.32 Å². The Labute approximate surface area is 143 Å². The minimum absolute atomic E-state index is 0.00840. The van der Waals surface area contributed by atoms with Crippen LogP contribution in [-0.2, 0) is 19.3 Å². The van der Waals surface area contributed by atoms with Crippen LogP contribution in [0.15, 0.2) is 28.7 Å². The van der Waals surface area contributed by atoms with Gasteiger partial charge >= 0.3 is 0 Å². The van der Waals surface area contributed by atoms with Crippen molar-refractivity contribution in [2.24, 2.45) is 0 Å². The second-order valence-electron chi connectivity index (χ2n) is 5.55. The SMILES string of the molecule is O=C(NCCCc1nc2c(s1)CCCC2)c1ccc(Br)cc1. The molecule has 1 amide bonds. The monoisotopic (exact) mass is 378 g/mol. The lowest BCUT2D eigenvalue weighted by Gasteiger charge is -2.06. The number of halogens is 1. The smallest absolute Gasteiger partial charge is 0.251 e. The van der Waals surface area contributed by atoms with Crippen molar-refractivity contribution in [3.8, 4) is 0 Å².